The maximum Gasteiger partial charge on any atom is 0.239 e. The zero-order valence-electron chi connectivity index (χ0n) is 13.1. The van der Waals surface area contributed by atoms with Gasteiger partial charge in [-0.1, -0.05) is 20.8 Å². The number of anilines is 2. The van der Waals surface area contributed by atoms with Crippen molar-refractivity contribution in [3.8, 4) is 5.88 Å². The largest absolute Gasteiger partial charge is 0.476 e. The molecule has 5 nitrogen and oxygen atoms in total. The molecule has 1 aromatic heterocycles. The van der Waals surface area contributed by atoms with Gasteiger partial charge >= 0.3 is 0 Å². The summed E-state index contributed by atoms with van der Waals surface area (Å²) in [6, 6.07) is 4.06. The molecule has 3 N–H and O–H groups in total. The number of rotatable bonds is 9. The van der Waals surface area contributed by atoms with Crippen LogP contribution in [0, 0.1) is 0 Å². The molecule has 0 bridgehead atoms. The van der Waals surface area contributed by atoms with Crippen LogP contribution < -0.4 is 15.8 Å². The third kappa shape index (κ3) is 5.25. The highest BCUT2D eigenvalue weighted by Gasteiger charge is 2.09. The second kappa shape index (κ2) is 8.64. The van der Waals surface area contributed by atoms with Gasteiger partial charge in [0.25, 0.3) is 0 Å². The molecule has 5 heteroatoms. The Morgan fingerprint density at radius 2 is 2.00 bits per heavy atom. The summed E-state index contributed by atoms with van der Waals surface area (Å²) in [6.07, 6.45) is 0.942. The first kappa shape index (κ1) is 16.6. The van der Waals surface area contributed by atoms with E-state index in [1.165, 1.54) is 0 Å². The maximum absolute atomic E-state index is 5.86. The molecule has 0 radical (unpaired) electrons. The molecule has 0 spiro atoms. The monoisotopic (exact) mass is 280 g/mol. The SMILES string of the molecule is CCCOc1nc(NC(C)CN(CC)CC)ccc1N. The molecule has 0 saturated heterocycles. The second-order valence-electron chi connectivity index (χ2n) is 4.97. The van der Waals surface area contributed by atoms with Crippen LogP contribution in [0.5, 0.6) is 5.88 Å². The van der Waals surface area contributed by atoms with Crippen molar-refractivity contribution >= 4 is 11.5 Å². The lowest BCUT2D eigenvalue weighted by atomic mass is 10.3. The van der Waals surface area contributed by atoms with Crippen molar-refractivity contribution in [2.45, 2.75) is 40.2 Å². The van der Waals surface area contributed by atoms with Gasteiger partial charge in [0.15, 0.2) is 0 Å². The van der Waals surface area contributed by atoms with E-state index in [4.69, 9.17) is 10.5 Å². The lowest BCUT2D eigenvalue weighted by Gasteiger charge is -2.24. The van der Waals surface area contributed by atoms with Crippen LogP contribution in [0.3, 0.4) is 0 Å². The number of hydrogen-bond donors (Lipinski definition) is 2. The number of nitrogen functional groups attached to an aromatic ring is 1. The maximum atomic E-state index is 5.86. The van der Waals surface area contributed by atoms with Crippen LogP contribution in [0.4, 0.5) is 11.5 Å². The zero-order chi connectivity index (χ0) is 15.0. The zero-order valence-corrected chi connectivity index (χ0v) is 13.1. The molecule has 0 aromatic carbocycles. The lowest BCUT2D eigenvalue weighted by molar-refractivity contribution is 0.294. The first-order valence-corrected chi connectivity index (χ1v) is 7.48. The summed E-state index contributed by atoms with van der Waals surface area (Å²) in [6.45, 7) is 12.3. The fourth-order valence-corrected chi connectivity index (χ4v) is 2.01. The van der Waals surface area contributed by atoms with Gasteiger partial charge < -0.3 is 20.7 Å². The lowest BCUT2D eigenvalue weighted by Crippen LogP contribution is -2.34. The fourth-order valence-electron chi connectivity index (χ4n) is 2.01. The highest BCUT2D eigenvalue weighted by molar-refractivity contribution is 5.53. The number of pyridine rings is 1. The fraction of sp³-hybridized carbons (Fsp3) is 0.667. The molecule has 1 atom stereocenters. The minimum atomic E-state index is 0.324. The van der Waals surface area contributed by atoms with Gasteiger partial charge in [-0.15, -0.1) is 0 Å². The molecular weight excluding hydrogens is 252 g/mol. The Morgan fingerprint density at radius 3 is 2.60 bits per heavy atom. The summed E-state index contributed by atoms with van der Waals surface area (Å²) in [5.41, 5.74) is 6.45. The summed E-state index contributed by atoms with van der Waals surface area (Å²) < 4.78 is 5.55. The number of nitrogens with two attached hydrogens (primary N) is 1. The topological polar surface area (TPSA) is 63.4 Å². The first-order chi connectivity index (χ1) is 9.60. The molecule has 1 aromatic rings. The van der Waals surface area contributed by atoms with Gasteiger partial charge in [-0.05, 0) is 38.6 Å². The average molecular weight is 280 g/mol. The molecule has 1 heterocycles. The van der Waals surface area contributed by atoms with Gasteiger partial charge in [-0.3, -0.25) is 0 Å². The van der Waals surface area contributed by atoms with E-state index in [1.54, 1.807) is 0 Å². The smallest absolute Gasteiger partial charge is 0.239 e. The van der Waals surface area contributed by atoms with Gasteiger partial charge in [-0.2, -0.15) is 4.98 Å². The van der Waals surface area contributed by atoms with Crippen LogP contribution in [0.15, 0.2) is 12.1 Å². The quantitative estimate of drug-likeness (QED) is 0.728. The predicted molar refractivity (Wildman–Crippen MR) is 85.3 cm³/mol. The Balaban J connectivity index is 2.62. The number of likely N-dealkylation sites (N-methyl/N-ethyl adjacent to an activating group) is 1. The molecule has 0 amide bonds. The number of hydrogen-bond acceptors (Lipinski definition) is 5. The number of aromatic nitrogens is 1. The van der Waals surface area contributed by atoms with Crippen molar-refractivity contribution in [3.05, 3.63) is 12.1 Å². The van der Waals surface area contributed by atoms with E-state index in [0.717, 1.165) is 31.9 Å². The molecule has 1 rings (SSSR count). The van der Waals surface area contributed by atoms with E-state index >= 15 is 0 Å². The van der Waals surface area contributed by atoms with Crippen molar-refractivity contribution in [3.63, 3.8) is 0 Å². The van der Waals surface area contributed by atoms with Crippen molar-refractivity contribution < 1.29 is 4.74 Å². The molecule has 0 aliphatic heterocycles. The third-order valence-corrected chi connectivity index (χ3v) is 3.15. The van der Waals surface area contributed by atoms with E-state index in [2.05, 4.69) is 42.9 Å². The van der Waals surface area contributed by atoms with Gasteiger partial charge in [0.05, 0.1) is 12.3 Å². The highest BCUT2D eigenvalue weighted by atomic mass is 16.5. The Morgan fingerprint density at radius 1 is 1.30 bits per heavy atom. The van der Waals surface area contributed by atoms with Gasteiger partial charge in [0.2, 0.25) is 5.88 Å². The highest BCUT2D eigenvalue weighted by Crippen LogP contribution is 2.21. The van der Waals surface area contributed by atoms with Crippen LogP contribution in [-0.4, -0.2) is 42.2 Å². The van der Waals surface area contributed by atoms with Gasteiger partial charge in [-0.25, -0.2) is 0 Å². The summed E-state index contributed by atoms with van der Waals surface area (Å²) in [5, 5.41) is 3.40. The molecule has 0 aliphatic carbocycles. The van der Waals surface area contributed by atoms with Crippen molar-refractivity contribution in [2.24, 2.45) is 0 Å². The summed E-state index contributed by atoms with van der Waals surface area (Å²) in [7, 11) is 0. The van der Waals surface area contributed by atoms with Crippen molar-refractivity contribution in [2.75, 3.05) is 37.3 Å². The third-order valence-electron chi connectivity index (χ3n) is 3.15. The van der Waals surface area contributed by atoms with Crippen LogP contribution in [-0.2, 0) is 0 Å². The van der Waals surface area contributed by atoms with Crippen LogP contribution in [0.25, 0.3) is 0 Å². The minimum absolute atomic E-state index is 0.324. The summed E-state index contributed by atoms with van der Waals surface area (Å²) >= 11 is 0. The second-order valence-corrected chi connectivity index (χ2v) is 4.97. The Bertz CT molecular complexity index is 393. The Hall–Kier alpha value is -1.49. The van der Waals surface area contributed by atoms with E-state index in [0.29, 0.717) is 24.2 Å². The normalized spacial score (nSPS) is 12.4. The number of ether oxygens (including phenoxy) is 1. The molecule has 1 unspecified atom stereocenters. The van der Waals surface area contributed by atoms with Crippen LogP contribution in [0.2, 0.25) is 0 Å². The molecule has 0 saturated carbocycles. The van der Waals surface area contributed by atoms with Crippen molar-refractivity contribution in [1.82, 2.24) is 9.88 Å². The van der Waals surface area contributed by atoms with Crippen LogP contribution >= 0.6 is 0 Å². The molecule has 114 valence electrons. The van der Waals surface area contributed by atoms with E-state index < -0.39 is 0 Å². The predicted octanol–water partition coefficient (Wildman–Crippen LogP) is 2.59. The summed E-state index contributed by atoms with van der Waals surface area (Å²) in [4.78, 5) is 6.81. The summed E-state index contributed by atoms with van der Waals surface area (Å²) in [5.74, 6) is 1.33. The van der Waals surface area contributed by atoms with E-state index in [9.17, 15) is 0 Å². The average Bonchev–Trinajstić information content (AvgIpc) is 2.45. The van der Waals surface area contributed by atoms with Gasteiger partial charge in [0, 0.05) is 12.6 Å². The van der Waals surface area contributed by atoms with Crippen molar-refractivity contribution in [1.29, 1.82) is 0 Å². The molecule has 0 fully saturated rings. The van der Waals surface area contributed by atoms with Gasteiger partial charge in [0.1, 0.15) is 5.82 Å². The number of nitrogens with one attached hydrogen (secondary N) is 1. The minimum Gasteiger partial charge on any atom is -0.476 e. The molecule has 0 aliphatic rings. The standard InChI is InChI=1S/C15H28N4O/c1-5-10-20-15-13(16)8-9-14(18-15)17-12(4)11-19(6-2)7-3/h8-9,12H,5-7,10-11,16H2,1-4H3,(H,17,18). The van der Waals surface area contributed by atoms with E-state index in [1.807, 2.05) is 12.1 Å². The Labute approximate surface area is 122 Å². The Kier molecular flexibility index (Phi) is 7.15. The first-order valence-electron chi connectivity index (χ1n) is 7.48. The molecule has 20 heavy (non-hydrogen) atoms. The molecular formula is C15H28N4O. The van der Waals surface area contributed by atoms with Crippen LogP contribution in [0.1, 0.15) is 34.1 Å². The van der Waals surface area contributed by atoms with E-state index in [-0.39, 0.29) is 0 Å². The number of nitrogens with zero attached hydrogens (tertiary/aromatic N) is 2.